The van der Waals surface area contributed by atoms with Crippen LogP contribution in [0.3, 0.4) is 0 Å². The Morgan fingerprint density at radius 3 is 2.62 bits per heavy atom. The monoisotopic (exact) mass is 285 g/mol. The Bertz CT molecular complexity index is 477. The lowest BCUT2D eigenvalue weighted by molar-refractivity contribution is 0.227. The number of piperazine rings is 1. The fraction of sp³-hybridized carbons (Fsp3) is 0.667. The van der Waals surface area contributed by atoms with Gasteiger partial charge in [0.2, 0.25) is 0 Å². The predicted octanol–water partition coefficient (Wildman–Crippen LogP) is 2.44. The average molecular weight is 285 g/mol. The van der Waals surface area contributed by atoms with E-state index in [0.29, 0.717) is 0 Å². The number of rotatable bonds is 4. The first kappa shape index (κ1) is 13.6. The molecule has 4 rings (SSSR count). The third kappa shape index (κ3) is 2.95. The molecule has 1 unspecified atom stereocenters. The van der Waals surface area contributed by atoms with Crippen molar-refractivity contribution in [1.82, 2.24) is 10.2 Å². The van der Waals surface area contributed by atoms with Gasteiger partial charge in [-0.3, -0.25) is 4.90 Å². The second-order valence-corrected chi connectivity index (χ2v) is 6.87. The van der Waals surface area contributed by atoms with E-state index in [4.69, 9.17) is 0 Å². The van der Waals surface area contributed by atoms with Gasteiger partial charge in [0, 0.05) is 51.0 Å². The smallest absolute Gasteiger partial charge is 0.0417 e. The van der Waals surface area contributed by atoms with E-state index >= 15 is 0 Å². The maximum Gasteiger partial charge on any atom is 0.0417 e. The number of hydrogen-bond acceptors (Lipinski definition) is 3. The van der Waals surface area contributed by atoms with Gasteiger partial charge in [-0.05, 0) is 43.2 Å². The van der Waals surface area contributed by atoms with Gasteiger partial charge in [0.25, 0.3) is 0 Å². The highest BCUT2D eigenvalue weighted by Gasteiger charge is 2.32. The molecule has 0 aromatic heterocycles. The van der Waals surface area contributed by atoms with E-state index in [-0.39, 0.29) is 0 Å². The second kappa shape index (κ2) is 5.98. The third-order valence-corrected chi connectivity index (χ3v) is 5.32. The lowest BCUT2D eigenvalue weighted by atomic mass is 10.1. The molecule has 0 amide bonds. The largest absolute Gasteiger partial charge is 0.367 e. The van der Waals surface area contributed by atoms with Gasteiger partial charge >= 0.3 is 0 Å². The fourth-order valence-electron chi connectivity index (χ4n) is 4.02. The fourth-order valence-corrected chi connectivity index (χ4v) is 4.02. The molecule has 21 heavy (non-hydrogen) atoms. The highest BCUT2D eigenvalue weighted by Crippen LogP contribution is 2.45. The molecule has 1 aromatic carbocycles. The normalized spacial score (nSPS) is 27.2. The average Bonchev–Trinajstić information content (AvgIpc) is 3.29. The van der Waals surface area contributed by atoms with Crippen molar-refractivity contribution in [2.45, 2.75) is 37.6 Å². The summed E-state index contributed by atoms with van der Waals surface area (Å²) >= 11 is 0. The van der Waals surface area contributed by atoms with E-state index in [9.17, 15) is 0 Å². The standard InChI is InChI=1S/C18H27N3/c1-2-6-18(17(5-1)15-7-8-15)21-11-3-4-16(21)14-20-12-9-19-10-13-20/h1-2,5-6,15-16,19H,3-4,7-14H2. The van der Waals surface area contributed by atoms with Crippen LogP contribution in [0, 0.1) is 0 Å². The molecule has 0 spiro atoms. The topological polar surface area (TPSA) is 18.5 Å². The number of hydrogen-bond donors (Lipinski definition) is 1. The molecule has 3 heteroatoms. The highest BCUT2D eigenvalue weighted by atomic mass is 15.3. The lowest BCUT2D eigenvalue weighted by Crippen LogP contribution is -2.48. The van der Waals surface area contributed by atoms with Crippen molar-refractivity contribution in [2.75, 3.05) is 44.2 Å². The van der Waals surface area contributed by atoms with Crippen LogP contribution < -0.4 is 10.2 Å². The molecule has 1 saturated carbocycles. The molecule has 1 N–H and O–H groups in total. The van der Waals surface area contributed by atoms with E-state index in [0.717, 1.165) is 25.0 Å². The minimum absolute atomic E-state index is 0.725. The van der Waals surface area contributed by atoms with Crippen molar-refractivity contribution < 1.29 is 0 Å². The van der Waals surface area contributed by atoms with Crippen molar-refractivity contribution in [3.63, 3.8) is 0 Å². The molecular formula is C18H27N3. The van der Waals surface area contributed by atoms with Gasteiger partial charge < -0.3 is 10.2 Å². The van der Waals surface area contributed by atoms with Crippen LogP contribution in [-0.4, -0.2) is 50.2 Å². The Hall–Kier alpha value is -1.06. The van der Waals surface area contributed by atoms with Gasteiger partial charge in [-0.2, -0.15) is 0 Å². The predicted molar refractivity (Wildman–Crippen MR) is 88.1 cm³/mol. The van der Waals surface area contributed by atoms with Crippen LogP contribution in [0.2, 0.25) is 0 Å². The zero-order valence-corrected chi connectivity index (χ0v) is 12.9. The maximum absolute atomic E-state index is 3.46. The van der Waals surface area contributed by atoms with Gasteiger partial charge in [0.15, 0.2) is 0 Å². The van der Waals surface area contributed by atoms with Gasteiger partial charge in [-0.15, -0.1) is 0 Å². The van der Waals surface area contributed by atoms with Crippen LogP contribution >= 0.6 is 0 Å². The van der Waals surface area contributed by atoms with Crippen LogP contribution in [0.25, 0.3) is 0 Å². The van der Waals surface area contributed by atoms with E-state index in [1.54, 1.807) is 5.56 Å². The van der Waals surface area contributed by atoms with Crippen molar-refractivity contribution in [3.05, 3.63) is 29.8 Å². The molecule has 3 nitrogen and oxygen atoms in total. The van der Waals surface area contributed by atoms with E-state index < -0.39 is 0 Å². The van der Waals surface area contributed by atoms with Crippen molar-refractivity contribution in [1.29, 1.82) is 0 Å². The van der Waals surface area contributed by atoms with Gasteiger partial charge in [-0.25, -0.2) is 0 Å². The minimum atomic E-state index is 0.725. The summed E-state index contributed by atoms with van der Waals surface area (Å²) in [5.41, 5.74) is 3.15. The maximum atomic E-state index is 3.46. The van der Waals surface area contributed by atoms with Crippen LogP contribution in [0.5, 0.6) is 0 Å². The van der Waals surface area contributed by atoms with Crippen molar-refractivity contribution in [3.8, 4) is 0 Å². The van der Waals surface area contributed by atoms with E-state index in [2.05, 4.69) is 39.4 Å². The number of nitrogens with one attached hydrogen (secondary N) is 1. The molecular weight excluding hydrogens is 258 g/mol. The number of nitrogens with zero attached hydrogens (tertiary/aromatic N) is 2. The summed E-state index contributed by atoms with van der Waals surface area (Å²) in [5, 5.41) is 3.46. The Labute approximate surface area is 128 Å². The molecule has 2 saturated heterocycles. The zero-order chi connectivity index (χ0) is 14.1. The lowest BCUT2D eigenvalue weighted by Gasteiger charge is -2.35. The summed E-state index contributed by atoms with van der Waals surface area (Å²) in [5.74, 6) is 0.849. The first-order chi connectivity index (χ1) is 10.4. The van der Waals surface area contributed by atoms with Crippen LogP contribution in [0.15, 0.2) is 24.3 Å². The quantitative estimate of drug-likeness (QED) is 0.916. The Morgan fingerprint density at radius 2 is 1.81 bits per heavy atom. The van der Waals surface area contributed by atoms with Crippen LogP contribution in [0.1, 0.15) is 37.2 Å². The SMILES string of the molecule is c1ccc(N2CCCC2CN2CCNCC2)c(C2CC2)c1. The molecule has 1 aromatic rings. The third-order valence-electron chi connectivity index (χ3n) is 5.32. The first-order valence-corrected chi connectivity index (χ1v) is 8.70. The zero-order valence-electron chi connectivity index (χ0n) is 12.9. The number of benzene rings is 1. The van der Waals surface area contributed by atoms with E-state index in [1.807, 2.05) is 0 Å². The molecule has 114 valence electrons. The number of para-hydroxylation sites is 1. The van der Waals surface area contributed by atoms with Crippen LogP contribution in [0.4, 0.5) is 5.69 Å². The molecule has 2 heterocycles. The van der Waals surface area contributed by atoms with Gasteiger partial charge in [0.1, 0.15) is 0 Å². The molecule has 0 radical (unpaired) electrons. The molecule has 2 aliphatic heterocycles. The van der Waals surface area contributed by atoms with Crippen molar-refractivity contribution in [2.24, 2.45) is 0 Å². The Kier molecular flexibility index (Phi) is 3.87. The molecule has 3 fully saturated rings. The second-order valence-electron chi connectivity index (χ2n) is 6.87. The molecule has 1 atom stereocenters. The molecule has 1 aliphatic carbocycles. The Morgan fingerprint density at radius 1 is 1.00 bits per heavy atom. The summed E-state index contributed by atoms with van der Waals surface area (Å²) in [6.45, 7) is 7.25. The first-order valence-electron chi connectivity index (χ1n) is 8.70. The Balaban J connectivity index is 1.50. The van der Waals surface area contributed by atoms with Crippen LogP contribution in [-0.2, 0) is 0 Å². The van der Waals surface area contributed by atoms with Crippen molar-refractivity contribution >= 4 is 5.69 Å². The summed E-state index contributed by atoms with van der Waals surface area (Å²) in [7, 11) is 0. The minimum Gasteiger partial charge on any atom is -0.367 e. The van der Waals surface area contributed by atoms with Gasteiger partial charge in [-0.1, -0.05) is 18.2 Å². The summed E-state index contributed by atoms with van der Waals surface area (Å²) < 4.78 is 0. The molecule has 3 aliphatic rings. The van der Waals surface area contributed by atoms with Gasteiger partial charge in [0.05, 0.1) is 0 Å². The summed E-state index contributed by atoms with van der Waals surface area (Å²) in [6, 6.07) is 9.90. The summed E-state index contributed by atoms with van der Waals surface area (Å²) in [6.07, 6.45) is 5.51. The molecule has 0 bridgehead atoms. The van der Waals surface area contributed by atoms with E-state index in [1.165, 1.54) is 57.5 Å². The highest BCUT2D eigenvalue weighted by molar-refractivity contribution is 5.57. The number of anilines is 1. The summed E-state index contributed by atoms with van der Waals surface area (Å²) in [4.78, 5) is 5.37.